The number of esters is 1. The molecule has 1 aromatic carbocycles. The van der Waals surface area contributed by atoms with Gasteiger partial charge in [0.15, 0.2) is 5.75 Å². The van der Waals surface area contributed by atoms with Crippen molar-refractivity contribution in [2.24, 2.45) is 22.4 Å². The number of hydrogen-bond acceptors (Lipinski definition) is 4. The predicted molar refractivity (Wildman–Crippen MR) is 98.9 cm³/mol. The fraction of sp³-hybridized carbons (Fsp3) is 0.650. The summed E-state index contributed by atoms with van der Waals surface area (Å²) >= 11 is 0. The van der Waals surface area contributed by atoms with Crippen LogP contribution in [0.3, 0.4) is 0 Å². The Morgan fingerprint density at radius 1 is 1.23 bits per heavy atom. The highest BCUT2D eigenvalue weighted by Crippen LogP contribution is 2.61. The van der Waals surface area contributed by atoms with Crippen molar-refractivity contribution >= 4 is 16.0 Å². The van der Waals surface area contributed by atoms with Gasteiger partial charge in [-0.15, -0.1) is 0 Å². The number of ether oxygens (including phenoxy) is 1. The SMILES string of the molecule is CC12CCC3c4ccccc4CCC3C1CCC2OC(=O)CS(N)(=O)=O. The minimum Gasteiger partial charge on any atom is -0.461 e. The molecule has 0 aliphatic heterocycles. The first-order valence-electron chi connectivity index (χ1n) is 9.56. The molecular weight excluding hydrogens is 350 g/mol. The smallest absolute Gasteiger partial charge is 0.322 e. The number of rotatable bonds is 3. The third kappa shape index (κ3) is 3.07. The molecule has 6 heteroatoms. The van der Waals surface area contributed by atoms with Crippen LogP contribution in [0.1, 0.15) is 56.1 Å². The Morgan fingerprint density at radius 3 is 2.77 bits per heavy atom. The van der Waals surface area contributed by atoms with Gasteiger partial charge < -0.3 is 4.74 Å². The third-order valence-electron chi connectivity index (χ3n) is 7.14. The summed E-state index contributed by atoms with van der Waals surface area (Å²) < 4.78 is 27.9. The highest BCUT2D eigenvalue weighted by molar-refractivity contribution is 7.89. The maximum absolute atomic E-state index is 12.0. The normalized spacial score (nSPS) is 35.9. The maximum Gasteiger partial charge on any atom is 0.322 e. The molecule has 2 saturated carbocycles. The second-order valence-corrected chi connectivity index (χ2v) is 10.1. The van der Waals surface area contributed by atoms with Crippen LogP contribution in [-0.2, 0) is 26.0 Å². The molecule has 2 fully saturated rings. The van der Waals surface area contributed by atoms with Gasteiger partial charge >= 0.3 is 5.97 Å². The van der Waals surface area contributed by atoms with Crippen molar-refractivity contribution < 1.29 is 17.9 Å². The van der Waals surface area contributed by atoms with Gasteiger partial charge in [-0.3, -0.25) is 4.79 Å². The summed E-state index contributed by atoms with van der Waals surface area (Å²) in [5.74, 6) is 0.323. The van der Waals surface area contributed by atoms with Gasteiger partial charge in [0, 0.05) is 5.41 Å². The number of hydrogen-bond donors (Lipinski definition) is 1. The summed E-state index contributed by atoms with van der Waals surface area (Å²) in [5, 5.41) is 4.98. The topological polar surface area (TPSA) is 86.5 Å². The van der Waals surface area contributed by atoms with Crippen molar-refractivity contribution in [3.63, 3.8) is 0 Å². The van der Waals surface area contributed by atoms with Crippen LogP contribution in [0.4, 0.5) is 0 Å². The van der Waals surface area contributed by atoms with Crippen molar-refractivity contribution in [3.05, 3.63) is 35.4 Å². The van der Waals surface area contributed by atoms with E-state index in [0.717, 1.165) is 32.1 Å². The molecule has 142 valence electrons. The van der Waals surface area contributed by atoms with Crippen LogP contribution in [0.25, 0.3) is 0 Å². The average molecular weight is 378 g/mol. The molecule has 26 heavy (non-hydrogen) atoms. The van der Waals surface area contributed by atoms with Gasteiger partial charge in [0.05, 0.1) is 0 Å². The van der Waals surface area contributed by atoms with Crippen LogP contribution in [0, 0.1) is 17.3 Å². The van der Waals surface area contributed by atoms with Crippen molar-refractivity contribution in [3.8, 4) is 0 Å². The third-order valence-corrected chi connectivity index (χ3v) is 7.78. The number of aryl methyl sites for hydroxylation is 1. The Labute approximate surface area is 155 Å². The van der Waals surface area contributed by atoms with Crippen molar-refractivity contribution in [1.29, 1.82) is 0 Å². The molecule has 3 aliphatic carbocycles. The van der Waals surface area contributed by atoms with Gasteiger partial charge in [0.2, 0.25) is 10.0 Å². The minimum atomic E-state index is -3.84. The molecule has 1 aromatic rings. The van der Waals surface area contributed by atoms with Crippen molar-refractivity contribution in [2.75, 3.05) is 5.75 Å². The summed E-state index contributed by atoms with van der Waals surface area (Å²) in [6, 6.07) is 8.81. The van der Waals surface area contributed by atoms with Crippen LogP contribution >= 0.6 is 0 Å². The minimum absolute atomic E-state index is 0.0541. The Kier molecular flexibility index (Phi) is 4.39. The van der Waals surface area contributed by atoms with Gasteiger partial charge in [-0.1, -0.05) is 31.2 Å². The Hall–Kier alpha value is -1.40. The summed E-state index contributed by atoms with van der Waals surface area (Å²) in [4.78, 5) is 12.0. The van der Waals surface area contributed by atoms with Gasteiger partial charge in [-0.25, -0.2) is 13.6 Å². The molecule has 0 aromatic heterocycles. The number of carbonyl (C=O) groups excluding carboxylic acids is 1. The number of fused-ring (bicyclic) bond motifs is 5. The second-order valence-electron chi connectivity index (χ2n) is 8.52. The zero-order valence-electron chi connectivity index (χ0n) is 15.2. The van der Waals surface area contributed by atoms with Gasteiger partial charge in [-0.05, 0) is 67.4 Å². The van der Waals surface area contributed by atoms with Crippen molar-refractivity contribution in [1.82, 2.24) is 0 Å². The molecule has 0 saturated heterocycles. The zero-order valence-corrected chi connectivity index (χ0v) is 16.0. The second kappa shape index (κ2) is 6.34. The molecule has 2 N–H and O–H groups in total. The predicted octanol–water partition coefficient (Wildman–Crippen LogP) is 2.74. The Morgan fingerprint density at radius 2 is 2.00 bits per heavy atom. The van der Waals surface area contributed by atoms with E-state index in [1.807, 2.05) is 0 Å². The Bertz CT molecular complexity index is 821. The van der Waals surface area contributed by atoms with E-state index < -0.39 is 21.7 Å². The highest BCUT2D eigenvalue weighted by atomic mass is 32.2. The standard InChI is InChI=1S/C20H27NO4S/c1-20-11-10-15-14-5-3-2-4-13(14)6-7-16(15)17(20)8-9-18(20)25-19(22)12-26(21,23)24/h2-5,15-18H,6-12H2,1H3,(H2,21,23,24). The zero-order chi connectivity index (χ0) is 18.5. The number of primary sulfonamides is 1. The van der Waals surface area contributed by atoms with Crippen molar-refractivity contribution in [2.45, 2.75) is 57.5 Å². The van der Waals surface area contributed by atoms with Crippen LogP contribution in [0.2, 0.25) is 0 Å². The van der Waals surface area contributed by atoms with E-state index in [2.05, 4.69) is 31.2 Å². The maximum atomic E-state index is 12.0. The fourth-order valence-corrected chi connectivity index (χ4v) is 6.42. The van der Waals surface area contributed by atoms with Gasteiger partial charge in [-0.2, -0.15) is 0 Å². The van der Waals surface area contributed by atoms with Gasteiger partial charge in [0.1, 0.15) is 6.10 Å². The molecule has 0 spiro atoms. The first kappa shape index (κ1) is 18.0. The first-order valence-corrected chi connectivity index (χ1v) is 11.3. The number of sulfonamides is 1. The number of carbonyl (C=O) groups is 1. The summed E-state index contributed by atoms with van der Waals surface area (Å²) in [6.07, 6.45) is 6.12. The molecule has 3 aliphatic rings. The molecule has 4 rings (SSSR count). The summed E-state index contributed by atoms with van der Waals surface area (Å²) in [6.45, 7) is 2.23. The first-order chi connectivity index (χ1) is 12.3. The fourth-order valence-electron chi connectivity index (χ4n) is 6.02. The quantitative estimate of drug-likeness (QED) is 0.821. The molecule has 0 heterocycles. The molecule has 0 radical (unpaired) electrons. The molecule has 5 atom stereocenters. The lowest BCUT2D eigenvalue weighted by Gasteiger charge is -2.50. The molecule has 5 unspecified atom stereocenters. The Balaban J connectivity index is 1.53. The lowest BCUT2D eigenvalue weighted by Crippen LogP contribution is -2.45. The summed E-state index contributed by atoms with van der Waals surface area (Å²) in [7, 11) is -3.84. The van der Waals surface area contributed by atoms with Crippen LogP contribution in [-0.4, -0.2) is 26.2 Å². The molecule has 0 amide bonds. The monoisotopic (exact) mass is 377 g/mol. The summed E-state index contributed by atoms with van der Waals surface area (Å²) in [5.41, 5.74) is 2.95. The number of benzene rings is 1. The van der Waals surface area contributed by atoms with E-state index in [1.165, 1.54) is 17.5 Å². The van der Waals surface area contributed by atoms with E-state index in [-0.39, 0.29) is 11.5 Å². The van der Waals surface area contributed by atoms with Crippen LogP contribution < -0.4 is 5.14 Å². The van der Waals surface area contributed by atoms with E-state index in [0.29, 0.717) is 17.8 Å². The highest BCUT2D eigenvalue weighted by Gasteiger charge is 2.56. The number of nitrogens with two attached hydrogens (primary N) is 1. The lowest BCUT2D eigenvalue weighted by atomic mass is 9.55. The average Bonchev–Trinajstić information content (AvgIpc) is 2.89. The van der Waals surface area contributed by atoms with Gasteiger partial charge in [0.25, 0.3) is 0 Å². The van der Waals surface area contributed by atoms with E-state index >= 15 is 0 Å². The molecule has 0 bridgehead atoms. The molecule has 5 nitrogen and oxygen atoms in total. The lowest BCUT2D eigenvalue weighted by molar-refractivity contribution is -0.154. The molecular formula is C20H27NO4S. The van der Waals surface area contributed by atoms with Crippen LogP contribution in [0.5, 0.6) is 0 Å². The van der Waals surface area contributed by atoms with E-state index in [9.17, 15) is 13.2 Å². The van der Waals surface area contributed by atoms with Crippen LogP contribution in [0.15, 0.2) is 24.3 Å². The van der Waals surface area contributed by atoms with E-state index in [1.54, 1.807) is 0 Å². The van der Waals surface area contributed by atoms with E-state index in [4.69, 9.17) is 9.88 Å². The largest absolute Gasteiger partial charge is 0.461 e.